The van der Waals surface area contributed by atoms with Crippen molar-refractivity contribution in [2.45, 2.75) is 13.3 Å². The summed E-state index contributed by atoms with van der Waals surface area (Å²) < 4.78 is 26.3. The molecule has 0 aliphatic carbocycles. The quantitative estimate of drug-likeness (QED) is 0.722. The minimum Gasteiger partial charge on any atom is -0.465 e. The monoisotopic (exact) mass is 397 g/mol. The molecule has 1 aliphatic rings. The normalized spacial score (nSPS) is 13.4. The maximum absolute atomic E-state index is 15.0. The maximum atomic E-state index is 15.0. The highest BCUT2D eigenvalue weighted by Gasteiger charge is 2.28. The second kappa shape index (κ2) is 8.55. The molecule has 0 atom stereocenters. The van der Waals surface area contributed by atoms with E-state index in [1.807, 2.05) is 6.92 Å². The Kier molecular flexibility index (Phi) is 5.92. The summed E-state index contributed by atoms with van der Waals surface area (Å²) in [5, 5.41) is 0. The Morgan fingerprint density at radius 1 is 1.14 bits per heavy atom. The van der Waals surface area contributed by atoms with Gasteiger partial charge in [-0.05, 0) is 24.3 Å². The van der Waals surface area contributed by atoms with Crippen LogP contribution in [0.15, 0.2) is 66.3 Å². The average molecular weight is 397 g/mol. The largest absolute Gasteiger partial charge is 0.465 e. The van der Waals surface area contributed by atoms with Crippen LogP contribution >= 0.6 is 0 Å². The standard InChI is InChI=1S/C21H20FN3O4/c1-4-18-23-10-12-25(18)17-9-8-14(13-16(17)22)24-11-6-5-7-15(20(26)28-2)19(24)21(27)29-3/h5-13H,4H2,1-3H3. The molecule has 7 nitrogen and oxygen atoms in total. The van der Waals surface area contributed by atoms with E-state index in [-0.39, 0.29) is 11.3 Å². The molecule has 1 aromatic heterocycles. The molecule has 8 heteroatoms. The molecule has 0 N–H and O–H groups in total. The Labute approximate surface area is 167 Å². The molecule has 0 radical (unpaired) electrons. The number of anilines is 1. The van der Waals surface area contributed by atoms with Crippen molar-refractivity contribution >= 4 is 17.6 Å². The molecule has 2 aromatic rings. The van der Waals surface area contributed by atoms with E-state index in [0.29, 0.717) is 17.8 Å². The lowest BCUT2D eigenvalue weighted by molar-refractivity contribution is -0.139. The van der Waals surface area contributed by atoms with Crippen LogP contribution < -0.4 is 4.90 Å². The lowest BCUT2D eigenvalue weighted by atomic mass is 10.1. The number of ether oxygens (including phenoxy) is 2. The van der Waals surface area contributed by atoms with Crippen LogP contribution in [-0.2, 0) is 25.5 Å². The summed E-state index contributed by atoms with van der Waals surface area (Å²) in [7, 11) is 2.42. The van der Waals surface area contributed by atoms with Crippen molar-refractivity contribution in [2.24, 2.45) is 0 Å². The van der Waals surface area contributed by atoms with Gasteiger partial charge in [0.15, 0.2) is 0 Å². The molecule has 0 unspecified atom stereocenters. The van der Waals surface area contributed by atoms with Gasteiger partial charge in [0.2, 0.25) is 0 Å². The molecular formula is C21H20FN3O4. The first-order chi connectivity index (χ1) is 14.0. The summed E-state index contributed by atoms with van der Waals surface area (Å²) >= 11 is 0. The number of carbonyl (C=O) groups excluding carboxylic acids is 2. The number of hydrogen-bond donors (Lipinski definition) is 0. The van der Waals surface area contributed by atoms with Gasteiger partial charge in [-0.2, -0.15) is 0 Å². The van der Waals surface area contributed by atoms with Crippen LogP contribution in [0.1, 0.15) is 12.7 Å². The fourth-order valence-electron chi connectivity index (χ4n) is 3.02. The molecule has 0 amide bonds. The fraction of sp³-hybridized carbons (Fsp3) is 0.190. The topological polar surface area (TPSA) is 73.7 Å². The molecule has 0 saturated heterocycles. The summed E-state index contributed by atoms with van der Waals surface area (Å²) in [4.78, 5) is 30.2. The smallest absolute Gasteiger partial charge is 0.355 e. The Morgan fingerprint density at radius 2 is 1.90 bits per heavy atom. The second-order valence-corrected chi connectivity index (χ2v) is 6.02. The molecule has 3 rings (SSSR count). The zero-order chi connectivity index (χ0) is 21.0. The Hall–Kier alpha value is -3.68. The molecule has 1 aliphatic heterocycles. The number of aryl methyl sites for hydroxylation is 1. The highest BCUT2D eigenvalue weighted by molar-refractivity contribution is 6.05. The second-order valence-electron chi connectivity index (χ2n) is 6.02. The summed E-state index contributed by atoms with van der Waals surface area (Å²) in [6.45, 7) is 1.93. The van der Waals surface area contributed by atoms with Gasteiger partial charge in [0.1, 0.15) is 17.3 Å². The van der Waals surface area contributed by atoms with Crippen LogP contribution in [0.3, 0.4) is 0 Å². The molecule has 0 saturated carbocycles. The van der Waals surface area contributed by atoms with E-state index in [1.54, 1.807) is 47.4 Å². The molecular weight excluding hydrogens is 377 g/mol. The summed E-state index contributed by atoms with van der Waals surface area (Å²) in [5.41, 5.74) is 0.591. The third-order valence-electron chi connectivity index (χ3n) is 4.39. The minimum absolute atomic E-state index is 0.00304. The number of imidazole rings is 1. The number of benzene rings is 1. The zero-order valence-corrected chi connectivity index (χ0v) is 16.3. The van der Waals surface area contributed by atoms with Crippen LogP contribution in [0.4, 0.5) is 10.1 Å². The first-order valence-electron chi connectivity index (χ1n) is 8.89. The molecule has 0 fully saturated rings. The Bertz CT molecular complexity index is 1040. The van der Waals surface area contributed by atoms with Crippen molar-refractivity contribution in [2.75, 3.05) is 19.1 Å². The van der Waals surface area contributed by atoms with Crippen LogP contribution in [0.5, 0.6) is 0 Å². The van der Waals surface area contributed by atoms with Crippen LogP contribution in [0.25, 0.3) is 5.69 Å². The lowest BCUT2D eigenvalue weighted by Crippen LogP contribution is -2.27. The minimum atomic E-state index is -0.756. The average Bonchev–Trinajstić information content (AvgIpc) is 3.10. The first kappa shape index (κ1) is 20.1. The van der Waals surface area contributed by atoms with Crippen LogP contribution in [0.2, 0.25) is 0 Å². The van der Waals surface area contributed by atoms with E-state index in [2.05, 4.69) is 4.98 Å². The van der Waals surface area contributed by atoms with E-state index in [9.17, 15) is 14.0 Å². The number of nitrogens with zero attached hydrogens (tertiary/aromatic N) is 3. The molecule has 2 heterocycles. The number of allylic oxidation sites excluding steroid dienone is 2. The van der Waals surface area contributed by atoms with Gasteiger partial charge in [0.25, 0.3) is 0 Å². The van der Waals surface area contributed by atoms with Crippen molar-refractivity contribution in [1.29, 1.82) is 0 Å². The Morgan fingerprint density at radius 3 is 2.55 bits per heavy atom. The molecule has 0 bridgehead atoms. The van der Waals surface area contributed by atoms with E-state index < -0.39 is 17.8 Å². The predicted molar refractivity (Wildman–Crippen MR) is 105 cm³/mol. The lowest BCUT2D eigenvalue weighted by Gasteiger charge is -2.23. The SMILES string of the molecule is CCc1nccn1-c1ccc(N2C=CC=CC(C(=O)OC)=C2C(=O)OC)cc1F. The molecule has 150 valence electrons. The summed E-state index contributed by atoms with van der Waals surface area (Å²) in [5.74, 6) is -1.25. The number of carbonyl (C=O) groups is 2. The molecule has 0 spiro atoms. The number of methoxy groups -OCH3 is 2. The van der Waals surface area contributed by atoms with Gasteiger partial charge in [-0.1, -0.05) is 13.0 Å². The van der Waals surface area contributed by atoms with E-state index >= 15 is 0 Å². The van der Waals surface area contributed by atoms with Gasteiger partial charge in [-0.15, -0.1) is 0 Å². The van der Waals surface area contributed by atoms with Crippen molar-refractivity contribution in [3.8, 4) is 5.69 Å². The van der Waals surface area contributed by atoms with Gasteiger partial charge in [-0.3, -0.25) is 0 Å². The number of rotatable bonds is 5. The van der Waals surface area contributed by atoms with Crippen LogP contribution in [-0.4, -0.2) is 35.7 Å². The maximum Gasteiger partial charge on any atom is 0.355 e. The number of hydrogen-bond acceptors (Lipinski definition) is 6. The van der Waals surface area contributed by atoms with Crippen LogP contribution in [0, 0.1) is 5.82 Å². The van der Waals surface area contributed by atoms with Gasteiger partial charge in [0.05, 0.1) is 25.5 Å². The van der Waals surface area contributed by atoms with Gasteiger partial charge in [0, 0.05) is 36.8 Å². The highest BCUT2D eigenvalue weighted by atomic mass is 19.1. The third kappa shape index (κ3) is 3.82. The zero-order valence-electron chi connectivity index (χ0n) is 16.3. The van der Waals surface area contributed by atoms with E-state index in [1.165, 1.54) is 31.3 Å². The van der Waals surface area contributed by atoms with Crippen molar-refractivity contribution in [3.05, 3.63) is 77.9 Å². The molecule has 29 heavy (non-hydrogen) atoms. The third-order valence-corrected chi connectivity index (χ3v) is 4.39. The van der Waals surface area contributed by atoms with E-state index in [0.717, 1.165) is 5.82 Å². The number of esters is 2. The Balaban J connectivity index is 2.11. The fourth-order valence-corrected chi connectivity index (χ4v) is 3.02. The van der Waals surface area contributed by atoms with E-state index in [4.69, 9.17) is 9.47 Å². The van der Waals surface area contributed by atoms with Gasteiger partial charge < -0.3 is 18.9 Å². The van der Waals surface area contributed by atoms with Gasteiger partial charge >= 0.3 is 11.9 Å². The number of aromatic nitrogens is 2. The highest BCUT2D eigenvalue weighted by Crippen LogP contribution is 2.29. The van der Waals surface area contributed by atoms with Crippen molar-refractivity contribution in [1.82, 2.24) is 9.55 Å². The summed E-state index contributed by atoms with van der Waals surface area (Å²) in [6, 6.07) is 4.51. The summed E-state index contributed by atoms with van der Waals surface area (Å²) in [6.07, 6.45) is 10.1. The predicted octanol–water partition coefficient (Wildman–Crippen LogP) is 3.06. The number of halogens is 1. The molecule has 1 aromatic carbocycles. The van der Waals surface area contributed by atoms with Crippen molar-refractivity contribution < 1.29 is 23.5 Å². The van der Waals surface area contributed by atoms with Crippen molar-refractivity contribution in [3.63, 3.8) is 0 Å². The first-order valence-corrected chi connectivity index (χ1v) is 8.89. The van der Waals surface area contributed by atoms with Gasteiger partial charge in [-0.25, -0.2) is 19.0 Å².